The Hall–Kier alpha value is -2.39. The summed E-state index contributed by atoms with van der Waals surface area (Å²) in [5.74, 6) is -1.30. The lowest BCUT2D eigenvalue weighted by Crippen LogP contribution is -2.39. The summed E-state index contributed by atoms with van der Waals surface area (Å²) >= 11 is 1.07. The first kappa shape index (κ1) is 19.4. The van der Waals surface area contributed by atoms with E-state index in [0.29, 0.717) is 28.7 Å². The van der Waals surface area contributed by atoms with Gasteiger partial charge in [-0.2, -0.15) is 0 Å². The van der Waals surface area contributed by atoms with Crippen molar-refractivity contribution in [2.45, 2.75) is 20.8 Å². The number of likely N-dealkylation sites (N-methyl/N-ethyl adjacent to an activating group) is 1. The summed E-state index contributed by atoms with van der Waals surface area (Å²) < 4.78 is 32.9. The molecule has 0 aliphatic heterocycles. The van der Waals surface area contributed by atoms with Gasteiger partial charge in [0.15, 0.2) is 16.6 Å². The van der Waals surface area contributed by atoms with Crippen LogP contribution < -0.4 is 4.90 Å². The third-order valence-corrected chi connectivity index (χ3v) is 5.28. The van der Waals surface area contributed by atoms with Gasteiger partial charge in [-0.25, -0.2) is 13.8 Å². The second-order valence-corrected chi connectivity index (χ2v) is 7.05. The lowest BCUT2D eigenvalue weighted by molar-refractivity contribution is 0.0975. The molecular weight excluding hydrogens is 374 g/mol. The highest BCUT2D eigenvalue weighted by molar-refractivity contribution is 7.22. The molecule has 0 unspecified atom stereocenters. The molecule has 3 rings (SSSR count). The van der Waals surface area contributed by atoms with Gasteiger partial charge in [0.25, 0.3) is 5.91 Å². The van der Waals surface area contributed by atoms with Gasteiger partial charge in [-0.15, -0.1) is 0 Å². The Labute approximate surface area is 159 Å². The first-order valence-electron chi connectivity index (χ1n) is 8.66. The number of halogens is 2. The Bertz CT molecular complexity index is 952. The number of fused-ring (bicyclic) bond motifs is 1. The maximum Gasteiger partial charge on any atom is 0.282 e. The number of anilines is 1. The summed E-state index contributed by atoms with van der Waals surface area (Å²) in [6.45, 7) is 8.39. The van der Waals surface area contributed by atoms with E-state index in [1.54, 1.807) is 13.0 Å². The fourth-order valence-corrected chi connectivity index (χ4v) is 3.76. The lowest BCUT2D eigenvalue weighted by Gasteiger charge is -2.24. The van der Waals surface area contributed by atoms with Gasteiger partial charge in [-0.05, 0) is 26.1 Å². The van der Waals surface area contributed by atoms with Crippen LogP contribution in [0, 0.1) is 18.6 Å². The Morgan fingerprint density at radius 2 is 1.93 bits per heavy atom. The van der Waals surface area contributed by atoms with E-state index in [4.69, 9.17) is 4.52 Å². The van der Waals surface area contributed by atoms with Crippen LogP contribution in [0.3, 0.4) is 0 Å². The van der Waals surface area contributed by atoms with E-state index in [2.05, 4.69) is 15.0 Å². The molecule has 1 amide bonds. The Balaban J connectivity index is 1.98. The van der Waals surface area contributed by atoms with Gasteiger partial charge < -0.3 is 9.42 Å². The Morgan fingerprint density at radius 3 is 2.56 bits per heavy atom. The van der Waals surface area contributed by atoms with Gasteiger partial charge in [0.05, 0.1) is 4.70 Å². The molecule has 0 saturated heterocycles. The third-order valence-electron chi connectivity index (χ3n) is 4.26. The topological polar surface area (TPSA) is 62.5 Å². The highest BCUT2D eigenvalue weighted by atomic mass is 32.1. The standard InChI is InChI=1S/C18H20F2N4O2S/c1-4-23(5-2)6-7-24(17(25)14-8-11(3)26-22-14)18-21-16-13(20)9-12(19)10-15(16)27-18/h8-10H,4-7H2,1-3H3. The smallest absolute Gasteiger partial charge is 0.282 e. The molecule has 27 heavy (non-hydrogen) atoms. The Kier molecular flexibility index (Phi) is 5.81. The molecule has 144 valence electrons. The van der Waals surface area contributed by atoms with E-state index < -0.39 is 11.6 Å². The predicted octanol–water partition coefficient (Wildman–Crippen LogP) is 3.86. The minimum Gasteiger partial charge on any atom is -0.361 e. The van der Waals surface area contributed by atoms with E-state index in [1.165, 1.54) is 11.0 Å². The van der Waals surface area contributed by atoms with Crippen molar-refractivity contribution in [3.63, 3.8) is 0 Å². The van der Waals surface area contributed by atoms with Crippen LogP contribution in [0.1, 0.15) is 30.1 Å². The maximum absolute atomic E-state index is 14.0. The highest BCUT2D eigenvalue weighted by Crippen LogP contribution is 2.31. The van der Waals surface area contributed by atoms with Crippen molar-refractivity contribution >= 4 is 32.6 Å². The van der Waals surface area contributed by atoms with Crippen LogP contribution in [-0.2, 0) is 0 Å². The number of amides is 1. The van der Waals surface area contributed by atoms with Gasteiger partial charge in [0, 0.05) is 25.2 Å². The summed E-state index contributed by atoms with van der Waals surface area (Å²) in [4.78, 5) is 20.8. The van der Waals surface area contributed by atoms with Crippen molar-refractivity contribution in [3.8, 4) is 0 Å². The van der Waals surface area contributed by atoms with E-state index in [-0.39, 0.29) is 17.1 Å². The molecule has 0 aliphatic rings. The molecule has 0 saturated carbocycles. The van der Waals surface area contributed by atoms with Gasteiger partial charge >= 0.3 is 0 Å². The van der Waals surface area contributed by atoms with Crippen LogP contribution in [0.5, 0.6) is 0 Å². The minimum absolute atomic E-state index is 0.0494. The number of aryl methyl sites for hydroxylation is 1. The molecule has 0 aliphatic carbocycles. The zero-order chi connectivity index (χ0) is 19.6. The van der Waals surface area contributed by atoms with Gasteiger partial charge in [0.1, 0.15) is 17.1 Å². The van der Waals surface area contributed by atoms with Gasteiger partial charge in [0.2, 0.25) is 0 Å². The third kappa shape index (κ3) is 4.14. The van der Waals surface area contributed by atoms with Crippen molar-refractivity contribution in [3.05, 3.63) is 41.3 Å². The number of carbonyl (C=O) groups is 1. The largest absolute Gasteiger partial charge is 0.361 e. The molecule has 3 aromatic rings. The average molecular weight is 394 g/mol. The molecule has 6 nitrogen and oxygen atoms in total. The number of nitrogens with zero attached hydrogens (tertiary/aromatic N) is 4. The molecule has 2 heterocycles. The van der Waals surface area contributed by atoms with Crippen molar-refractivity contribution in [2.24, 2.45) is 0 Å². The zero-order valence-electron chi connectivity index (χ0n) is 15.3. The second kappa shape index (κ2) is 8.10. The number of aromatic nitrogens is 2. The number of carbonyl (C=O) groups excluding carboxylic acids is 1. The van der Waals surface area contributed by atoms with Crippen molar-refractivity contribution in [1.29, 1.82) is 0 Å². The number of rotatable bonds is 7. The van der Waals surface area contributed by atoms with Crippen LogP contribution in [-0.4, -0.2) is 47.1 Å². The summed E-state index contributed by atoms with van der Waals surface area (Å²) in [6.07, 6.45) is 0. The quantitative estimate of drug-likeness (QED) is 0.609. The zero-order valence-corrected chi connectivity index (χ0v) is 16.1. The summed E-state index contributed by atoms with van der Waals surface area (Å²) in [5.41, 5.74) is 0.200. The molecule has 0 radical (unpaired) electrons. The molecule has 0 atom stereocenters. The van der Waals surface area contributed by atoms with Gasteiger partial charge in [-0.3, -0.25) is 9.69 Å². The van der Waals surface area contributed by atoms with Crippen LogP contribution in [0.2, 0.25) is 0 Å². The van der Waals surface area contributed by atoms with Crippen LogP contribution in [0.25, 0.3) is 10.2 Å². The molecule has 0 fully saturated rings. The second-order valence-electron chi connectivity index (χ2n) is 6.04. The molecular formula is C18H20F2N4O2S. The summed E-state index contributed by atoms with van der Waals surface area (Å²) in [7, 11) is 0. The Morgan fingerprint density at radius 1 is 1.19 bits per heavy atom. The molecule has 9 heteroatoms. The first-order chi connectivity index (χ1) is 12.9. The molecule has 0 N–H and O–H groups in total. The van der Waals surface area contributed by atoms with E-state index >= 15 is 0 Å². The summed E-state index contributed by atoms with van der Waals surface area (Å²) in [6, 6.07) is 3.54. The lowest BCUT2D eigenvalue weighted by atomic mass is 10.3. The van der Waals surface area contributed by atoms with Gasteiger partial charge in [-0.1, -0.05) is 30.3 Å². The van der Waals surface area contributed by atoms with E-state index in [0.717, 1.165) is 30.5 Å². The number of hydrogen-bond donors (Lipinski definition) is 0. The first-order valence-corrected chi connectivity index (χ1v) is 9.47. The molecule has 0 spiro atoms. The predicted molar refractivity (Wildman–Crippen MR) is 100 cm³/mol. The highest BCUT2D eigenvalue weighted by Gasteiger charge is 2.25. The van der Waals surface area contributed by atoms with E-state index in [9.17, 15) is 13.6 Å². The van der Waals surface area contributed by atoms with Crippen molar-refractivity contribution < 1.29 is 18.1 Å². The average Bonchev–Trinajstić information content (AvgIpc) is 3.25. The van der Waals surface area contributed by atoms with Crippen molar-refractivity contribution in [1.82, 2.24) is 15.0 Å². The van der Waals surface area contributed by atoms with Crippen LogP contribution >= 0.6 is 11.3 Å². The monoisotopic (exact) mass is 394 g/mol. The number of hydrogen-bond acceptors (Lipinski definition) is 6. The van der Waals surface area contributed by atoms with Crippen molar-refractivity contribution in [2.75, 3.05) is 31.1 Å². The van der Waals surface area contributed by atoms with Crippen LogP contribution in [0.15, 0.2) is 22.7 Å². The molecule has 2 aromatic heterocycles. The SMILES string of the molecule is CCN(CC)CCN(C(=O)c1cc(C)on1)c1nc2c(F)cc(F)cc2s1. The normalized spacial score (nSPS) is 11.5. The van der Waals surface area contributed by atoms with Crippen LogP contribution in [0.4, 0.5) is 13.9 Å². The molecule has 0 bridgehead atoms. The maximum atomic E-state index is 14.0. The summed E-state index contributed by atoms with van der Waals surface area (Å²) in [5, 5.41) is 4.08. The molecule has 1 aromatic carbocycles. The fraction of sp³-hybridized carbons (Fsp3) is 0.389. The fourth-order valence-electron chi connectivity index (χ4n) is 2.73. The number of benzene rings is 1. The number of thiazole rings is 1. The minimum atomic E-state index is -0.749. The van der Waals surface area contributed by atoms with E-state index in [1.807, 2.05) is 13.8 Å².